The Balaban J connectivity index is 1.53. The number of nitrogens with one attached hydrogen (secondary N) is 1. The molecule has 5 N–H and O–H groups in total. The van der Waals surface area contributed by atoms with E-state index < -0.39 is 5.41 Å². The van der Waals surface area contributed by atoms with Gasteiger partial charge in [-0.05, 0) is 61.6 Å². The lowest BCUT2D eigenvalue weighted by Crippen LogP contribution is -2.47. The summed E-state index contributed by atoms with van der Waals surface area (Å²) in [7, 11) is 0. The predicted molar refractivity (Wildman–Crippen MR) is 146 cm³/mol. The number of pyridine rings is 1. The van der Waals surface area contributed by atoms with E-state index in [4.69, 9.17) is 16.2 Å². The van der Waals surface area contributed by atoms with Gasteiger partial charge in [0, 0.05) is 47.8 Å². The first kappa shape index (κ1) is 25.3. The molecule has 2 aromatic heterocycles. The highest BCUT2D eigenvalue weighted by atomic mass is 32.1. The van der Waals surface area contributed by atoms with E-state index in [1.54, 1.807) is 23.6 Å². The number of benzene rings is 1. The summed E-state index contributed by atoms with van der Waals surface area (Å²) in [6.07, 6.45) is 8.00. The molecule has 0 radical (unpaired) electrons. The molecule has 3 aromatic rings. The molecule has 1 aliphatic rings. The molecule has 0 atom stereocenters. The number of aryl methyl sites for hydroxylation is 2. The van der Waals surface area contributed by atoms with E-state index in [2.05, 4.69) is 21.9 Å². The van der Waals surface area contributed by atoms with Crippen LogP contribution < -0.4 is 16.8 Å². The lowest BCUT2D eigenvalue weighted by atomic mass is 9.73. The first-order valence-electron chi connectivity index (χ1n) is 11.8. The van der Waals surface area contributed by atoms with E-state index in [-0.39, 0.29) is 5.91 Å². The van der Waals surface area contributed by atoms with Gasteiger partial charge in [-0.15, -0.1) is 11.3 Å². The van der Waals surface area contributed by atoms with Crippen molar-refractivity contribution in [2.45, 2.75) is 32.1 Å². The Morgan fingerprint density at radius 3 is 2.50 bits per heavy atom. The summed E-state index contributed by atoms with van der Waals surface area (Å²) in [4.78, 5) is 22.3. The lowest BCUT2D eigenvalue weighted by Gasteiger charge is -2.36. The minimum absolute atomic E-state index is 0.0963. The van der Waals surface area contributed by atoms with Crippen molar-refractivity contribution in [3.63, 3.8) is 0 Å². The molecule has 1 amide bonds. The van der Waals surface area contributed by atoms with Crippen molar-refractivity contribution < 1.29 is 9.53 Å². The Labute approximate surface area is 215 Å². The zero-order chi connectivity index (χ0) is 25.7. The third-order valence-corrected chi connectivity index (χ3v) is 7.28. The molecular weight excluding hydrogens is 470 g/mol. The number of anilines is 1. The van der Waals surface area contributed by atoms with Crippen molar-refractivity contribution in [3.8, 4) is 11.1 Å². The van der Waals surface area contributed by atoms with E-state index in [0.717, 1.165) is 38.5 Å². The monoisotopic (exact) mass is 501 g/mol. The molecule has 1 aliphatic heterocycles. The normalized spacial score (nSPS) is 15.7. The van der Waals surface area contributed by atoms with Crippen LogP contribution in [0.2, 0.25) is 0 Å². The number of rotatable bonds is 7. The van der Waals surface area contributed by atoms with Gasteiger partial charge >= 0.3 is 0 Å². The van der Waals surface area contributed by atoms with E-state index >= 15 is 0 Å². The largest absolute Gasteiger partial charge is 0.404 e. The van der Waals surface area contributed by atoms with Gasteiger partial charge in [0.15, 0.2) is 0 Å². The molecule has 4 rings (SSSR count). The van der Waals surface area contributed by atoms with Crippen LogP contribution in [0.3, 0.4) is 0 Å². The van der Waals surface area contributed by atoms with Gasteiger partial charge in [-0.2, -0.15) is 0 Å². The Morgan fingerprint density at radius 2 is 1.89 bits per heavy atom. The van der Waals surface area contributed by atoms with Crippen LogP contribution in [0.4, 0.5) is 5.82 Å². The quantitative estimate of drug-likeness (QED) is 0.406. The summed E-state index contributed by atoms with van der Waals surface area (Å²) < 4.78 is 5.60. The number of ether oxygens (including phenoxy) is 1. The second-order valence-electron chi connectivity index (χ2n) is 8.88. The smallest absolute Gasteiger partial charge is 0.235 e. The van der Waals surface area contributed by atoms with Crippen LogP contribution in [-0.2, 0) is 14.9 Å². The summed E-state index contributed by atoms with van der Waals surface area (Å²) in [5.41, 5.74) is 16.9. The number of hydrogen-bond acceptors (Lipinski definition) is 7. The molecule has 0 saturated carbocycles. The highest BCUT2D eigenvalue weighted by Crippen LogP contribution is 2.36. The molecule has 1 saturated heterocycles. The Hall–Kier alpha value is -3.75. The number of carbonyl (C=O) groups excluding carboxylic acids is 1. The number of aromatic nitrogens is 2. The maximum Gasteiger partial charge on any atom is 0.235 e. The summed E-state index contributed by atoms with van der Waals surface area (Å²) in [6.45, 7) is 8.95. The average molecular weight is 502 g/mol. The zero-order valence-corrected chi connectivity index (χ0v) is 21.4. The van der Waals surface area contributed by atoms with Crippen molar-refractivity contribution >= 4 is 28.6 Å². The molecule has 8 heteroatoms. The van der Waals surface area contributed by atoms with Crippen molar-refractivity contribution in [1.82, 2.24) is 15.3 Å². The van der Waals surface area contributed by atoms with Crippen LogP contribution >= 0.6 is 11.3 Å². The Morgan fingerprint density at radius 1 is 1.17 bits per heavy atom. The predicted octanol–water partition coefficient (Wildman–Crippen LogP) is 4.64. The third-order valence-electron chi connectivity index (χ3n) is 6.50. The zero-order valence-electron chi connectivity index (χ0n) is 20.6. The van der Waals surface area contributed by atoms with Crippen molar-refractivity contribution in [2.24, 2.45) is 5.73 Å². The van der Waals surface area contributed by atoms with Gasteiger partial charge in [0.25, 0.3) is 0 Å². The second-order valence-corrected chi connectivity index (χ2v) is 9.95. The van der Waals surface area contributed by atoms with Crippen LogP contribution in [0.15, 0.2) is 72.5 Å². The molecular formula is C28H31N5O2S. The summed E-state index contributed by atoms with van der Waals surface area (Å²) in [6, 6.07) is 10.1. The molecule has 1 aromatic carbocycles. The number of nitrogens with two attached hydrogens (primary N) is 2. The molecule has 3 heterocycles. The maximum atomic E-state index is 13.6. The topological polar surface area (TPSA) is 116 Å². The van der Waals surface area contributed by atoms with E-state index in [1.807, 2.05) is 55.6 Å². The number of hydrogen-bond donors (Lipinski definition) is 3. The lowest BCUT2D eigenvalue weighted by molar-refractivity contribution is -0.129. The van der Waals surface area contributed by atoms with Crippen molar-refractivity contribution in [3.05, 3.63) is 94.4 Å². The van der Waals surface area contributed by atoms with E-state index in [0.29, 0.717) is 37.6 Å². The fourth-order valence-electron chi connectivity index (χ4n) is 4.31. The standard InChI is InChI=1S/C28H31N5O2S/c1-18-14-23(16-31-26(18)30)21-6-8-24(9-7-21)28(10-12-35-13-11-28)27(34)32-19(2)4-5-22(15-29)25-17-36-20(3)33-25/h4-9,14-17H,2,10-13,29H2,1,3H3,(H2,30,31)(H,32,34)/b5-4-,22-15+. The first-order chi connectivity index (χ1) is 17.3. The average Bonchev–Trinajstić information content (AvgIpc) is 3.32. The van der Waals surface area contributed by atoms with Crippen LogP contribution in [0.5, 0.6) is 0 Å². The number of allylic oxidation sites excluding steroid dienone is 3. The molecule has 0 unspecified atom stereocenters. The summed E-state index contributed by atoms with van der Waals surface area (Å²) >= 11 is 1.56. The van der Waals surface area contributed by atoms with E-state index in [1.165, 1.54) is 6.20 Å². The van der Waals surface area contributed by atoms with Gasteiger partial charge in [0.2, 0.25) is 5.91 Å². The van der Waals surface area contributed by atoms with Crippen molar-refractivity contribution in [2.75, 3.05) is 18.9 Å². The number of nitrogens with zero attached hydrogens (tertiary/aromatic N) is 2. The molecule has 186 valence electrons. The van der Waals surface area contributed by atoms with Crippen LogP contribution in [-0.4, -0.2) is 29.1 Å². The number of carbonyl (C=O) groups is 1. The van der Waals surface area contributed by atoms with Crippen LogP contribution in [0.1, 0.15) is 34.7 Å². The summed E-state index contributed by atoms with van der Waals surface area (Å²) in [5, 5.41) is 5.90. The van der Waals surface area contributed by atoms with Crippen LogP contribution in [0, 0.1) is 13.8 Å². The third kappa shape index (κ3) is 5.40. The molecule has 1 fully saturated rings. The molecule has 36 heavy (non-hydrogen) atoms. The second kappa shape index (κ2) is 10.9. The number of thiazole rings is 1. The van der Waals surface area contributed by atoms with Gasteiger partial charge in [-0.1, -0.05) is 30.8 Å². The molecule has 0 aliphatic carbocycles. The fraction of sp³-hybridized carbons (Fsp3) is 0.250. The Bertz CT molecular complexity index is 1320. The minimum Gasteiger partial charge on any atom is -0.404 e. The maximum absolute atomic E-state index is 13.6. The first-order valence-corrected chi connectivity index (χ1v) is 12.6. The number of nitrogen functional groups attached to an aromatic ring is 1. The van der Waals surface area contributed by atoms with Gasteiger partial charge in [0.1, 0.15) is 5.82 Å². The summed E-state index contributed by atoms with van der Waals surface area (Å²) in [5.74, 6) is 0.430. The highest BCUT2D eigenvalue weighted by molar-refractivity contribution is 7.09. The van der Waals surface area contributed by atoms with Crippen LogP contribution in [0.25, 0.3) is 16.7 Å². The Kier molecular flexibility index (Phi) is 7.67. The van der Waals surface area contributed by atoms with Crippen molar-refractivity contribution in [1.29, 1.82) is 0 Å². The minimum atomic E-state index is -0.707. The van der Waals surface area contributed by atoms with Gasteiger partial charge in [-0.3, -0.25) is 4.79 Å². The van der Waals surface area contributed by atoms with E-state index in [9.17, 15) is 4.79 Å². The number of amides is 1. The highest BCUT2D eigenvalue weighted by Gasteiger charge is 2.41. The fourth-order valence-corrected chi connectivity index (χ4v) is 4.93. The molecule has 7 nitrogen and oxygen atoms in total. The van der Waals surface area contributed by atoms with Gasteiger partial charge < -0.3 is 21.5 Å². The SMILES string of the molecule is C=C(/C=C\C(=C/N)c1csc(C)n1)NC(=O)C1(c2ccc(-c3cnc(N)c(C)c3)cc2)CCOCC1. The van der Waals surface area contributed by atoms with Gasteiger partial charge in [-0.25, -0.2) is 9.97 Å². The van der Waals surface area contributed by atoms with Gasteiger partial charge in [0.05, 0.1) is 16.1 Å². The molecule has 0 bridgehead atoms. The molecule has 0 spiro atoms.